The second kappa shape index (κ2) is 12.7. The number of aryl methyl sites for hydroxylation is 2. The van der Waals surface area contributed by atoms with Crippen LogP contribution in [0.5, 0.6) is 5.75 Å². The molecule has 162 valence electrons. The van der Waals surface area contributed by atoms with Gasteiger partial charge in [0.25, 0.3) is 0 Å². The molecule has 1 heterocycles. The highest BCUT2D eigenvalue weighted by Crippen LogP contribution is 2.14. The van der Waals surface area contributed by atoms with Crippen LogP contribution in [-0.2, 0) is 24.8 Å². The molecule has 1 aromatic heterocycles. The summed E-state index contributed by atoms with van der Waals surface area (Å²) >= 11 is 0. The number of benzene rings is 1. The number of aliphatic imine (C=N–C) groups is 1. The molecule has 0 amide bonds. The van der Waals surface area contributed by atoms with Crippen molar-refractivity contribution in [3.8, 4) is 5.75 Å². The molecule has 2 aromatic rings. The van der Waals surface area contributed by atoms with Crippen molar-refractivity contribution in [3.05, 3.63) is 46.8 Å². The molecule has 2 rings (SSSR count). The predicted octanol–water partition coefficient (Wildman–Crippen LogP) is 2.98. The summed E-state index contributed by atoms with van der Waals surface area (Å²) in [6, 6.07) is 8.15. The van der Waals surface area contributed by atoms with Gasteiger partial charge in [-0.25, -0.2) is 0 Å². The molecule has 7 nitrogen and oxygen atoms in total. The van der Waals surface area contributed by atoms with E-state index in [9.17, 15) is 0 Å². The van der Waals surface area contributed by atoms with Gasteiger partial charge in [0.1, 0.15) is 5.75 Å². The molecule has 0 saturated heterocycles. The van der Waals surface area contributed by atoms with Crippen LogP contribution in [0.25, 0.3) is 0 Å². The third kappa shape index (κ3) is 7.85. The van der Waals surface area contributed by atoms with E-state index in [4.69, 9.17) is 9.47 Å². The first-order valence-corrected chi connectivity index (χ1v) is 9.61. The third-order valence-corrected chi connectivity index (χ3v) is 4.72. The van der Waals surface area contributed by atoms with Crippen LogP contribution >= 0.6 is 24.0 Å². The predicted molar refractivity (Wildman–Crippen MR) is 128 cm³/mol. The number of nitrogens with one attached hydrogen (secondary N) is 2. The summed E-state index contributed by atoms with van der Waals surface area (Å²) in [7, 11) is 5.43. The highest BCUT2D eigenvalue weighted by Gasteiger charge is 2.13. The number of nitrogens with zero attached hydrogens (tertiary/aromatic N) is 3. The average Bonchev–Trinajstić information content (AvgIpc) is 2.93. The number of halogens is 1. The zero-order valence-electron chi connectivity index (χ0n) is 18.3. The molecule has 2 N–H and O–H groups in total. The number of rotatable bonds is 9. The summed E-state index contributed by atoms with van der Waals surface area (Å²) in [6.07, 6.45) is 0.901. The summed E-state index contributed by atoms with van der Waals surface area (Å²) in [5.74, 6) is 1.62. The van der Waals surface area contributed by atoms with Crippen molar-refractivity contribution in [2.45, 2.75) is 39.8 Å². The molecule has 0 saturated carbocycles. The summed E-state index contributed by atoms with van der Waals surface area (Å²) in [5, 5.41) is 11.2. The molecule has 0 bridgehead atoms. The van der Waals surface area contributed by atoms with Gasteiger partial charge in [-0.15, -0.1) is 24.0 Å². The van der Waals surface area contributed by atoms with E-state index in [0.717, 1.165) is 29.4 Å². The van der Waals surface area contributed by atoms with Crippen molar-refractivity contribution < 1.29 is 9.47 Å². The molecule has 0 spiro atoms. The van der Waals surface area contributed by atoms with Crippen LogP contribution in [0.2, 0.25) is 0 Å². The Labute approximate surface area is 191 Å². The van der Waals surface area contributed by atoms with E-state index in [2.05, 4.69) is 41.5 Å². The van der Waals surface area contributed by atoms with Crippen LogP contribution in [0, 0.1) is 13.8 Å². The van der Waals surface area contributed by atoms with Crippen LogP contribution < -0.4 is 15.4 Å². The fourth-order valence-electron chi connectivity index (χ4n) is 3.09. The Hall–Kier alpha value is -1.81. The monoisotopic (exact) mass is 515 g/mol. The third-order valence-electron chi connectivity index (χ3n) is 4.72. The van der Waals surface area contributed by atoms with E-state index in [0.29, 0.717) is 19.8 Å². The van der Waals surface area contributed by atoms with Crippen molar-refractivity contribution in [2.24, 2.45) is 12.0 Å². The van der Waals surface area contributed by atoms with Crippen molar-refractivity contribution >= 4 is 29.9 Å². The van der Waals surface area contributed by atoms with Crippen LogP contribution in [0.3, 0.4) is 0 Å². The second-order valence-electron chi connectivity index (χ2n) is 6.93. The van der Waals surface area contributed by atoms with E-state index in [-0.39, 0.29) is 30.0 Å². The molecule has 1 atom stereocenters. The minimum absolute atomic E-state index is 0. The lowest BCUT2D eigenvalue weighted by molar-refractivity contribution is 0.125. The Morgan fingerprint density at radius 1 is 1.31 bits per heavy atom. The topological polar surface area (TPSA) is 72.7 Å². The second-order valence-corrected chi connectivity index (χ2v) is 6.93. The van der Waals surface area contributed by atoms with Crippen molar-refractivity contribution in [1.29, 1.82) is 0 Å². The fourth-order valence-corrected chi connectivity index (χ4v) is 3.09. The Morgan fingerprint density at radius 2 is 2.07 bits per heavy atom. The molecule has 0 aliphatic carbocycles. The maximum absolute atomic E-state index is 5.74. The van der Waals surface area contributed by atoms with Gasteiger partial charge in [0.2, 0.25) is 0 Å². The number of ether oxygens (including phenoxy) is 2. The van der Waals surface area contributed by atoms with E-state index >= 15 is 0 Å². The zero-order chi connectivity index (χ0) is 20.5. The Kier molecular flexibility index (Phi) is 11.0. The number of hydrogen-bond donors (Lipinski definition) is 2. The number of methoxy groups -OCH3 is 1. The largest absolute Gasteiger partial charge is 0.497 e. The highest BCUT2D eigenvalue weighted by molar-refractivity contribution is 14.0. The zero-order valence-corrected chi connectivity index (χ0v) is 20.6. The molecule has 0 radical (unpaired) electrons. The lowest BCUT2D eigenvalue weighted by Crippen LogP contribution is -2.44. The Balaban J connectivity index is 0.00000420. The maximum Gasteiger partial charge on any atom is 0.191 e. The van der Waals surface area contributed by atoms with Gasteiger partial charge in [-0.2, -0.15) is 5.10 Å². The van der Waals surface area contributed by atoms with Crippen LogP contribution in [-0.4, -0.2) is 49.1 Å². The maximum atomic E-state index is 5.74. The number of guanidine groups is 1. The number of hydrogen-bond acceptors (Lipinski definition) is 4. The molecular weight excluding hydrogens is 481 g/mol. The Bertz CT molecular complexity index is 791. The smallest absolute Gasteiger partial charge is 0.191 e. The molecule has 0 aliphatic heterocycles. The van der Waals surface area contributed by atoms with E-state index in [1.165, 1.54) is 11.3 Å². The summed E-state index contributed by atoms with van der Waals surface area (Å²) in [4.78, 5) is 4.30. The minimum Gasteiger partial charge on any atom is -0.497 e. The SMILES string of the molecule is CN=C(NCCOCc1cccc(OC)c1)NC(C)Cc1c(C)nn(C)c1C.I. The van der Waals surface area contributed by atoms with Gasteiger partial charge in [0, 0.05) is 32.4 Å². The lowest BCUT2D eigenvalue weighted by Gasteiger charge is -2.18. The standard InChI is InChI=1S/C21H33N5O2.HI/c1-15(12-20-16(2)25-26(5)17(20)3)24-21(22-4)23-10-11-28-14-18-8-7-9-19(13-18)27-6;/h7-9,13,15H,10-12,14H2,1-6H3,(H2,22,23,24);1H. The molecule has 29 heavy (non-hydrogen) atoms. The normalized spacial score (nSPS) is 12.3. The molecule has 0 fully saturated rings. The fraction of sp³-hybridized carbons (Fsp3) is 0.524. The van der Waals surface area contributed by atoms with Crippen LogP contribution in [0.15, 0.2) is 29.3 Å². The first kappa shape index (κ1) is 25.2. The van der Waals surface area contributed by atoms with Gasteiger partial charge >= 0.3 is 0 Å². The summed E-state index contributed by atoms with van der Waals surface area (Å²) < 4.78 is 12.9. The first-order valence-electron chi connectivity index (χ1n) is 9.61. The lowest BCUT2D eigenvalue weighted by atomic mass is 10.1. The van der Waals surface area contributed by atoms with Gasteiger partial charge in [-0.3, -0.25) is 9.67 Å². The van der Waals surface area contributed by atoms with Crippen LogP contribution in [0.1, 0.15) is 29.4 Å². The van der Waals surface area contributed by atoms with Crippen molar-refractivity contribution in [3.63, 3.8) is 0 Å². The van der Waals surface area contributed by atoms with E-state index in [1.54, 1.807) is 14.2 Å². The molecule has 1 aromatic carbocycles. The van der Waals surface area contributed by atoms with Gasteiger partial charge < -0.3 is 20.1 Å². The summed E-state index contributed by atoms with van der Waals surface area (Å²) in [5.41, 5.74) is 4.68. The van der Waals surface area contributed by atoms with Gasteiger partial charge in [0.05, 0.1) is 26.0 Å². The Morgan fingerprint density at radius 3 is 2.69 bits per heavy atom. The summed E-state index contributed by atoms with van der Waals surface area (Å²) in [6.45, 7) is 8.14. The van der Waals surface area contributed by atoms with Crippen LogP contribution in [0.4, 0.5) is 0 Å². The molecular formula is C21H34IN5O2. The van der Waals surface area contributed by atoms with Gasteiger partial charge in [-0.1, -0.05) is 12.1 Å². The first-order chi connectivity index (χ1) is 13.4. The van der Waals surface area contributed by atoms with E-state index < -0.39 is 0 Å². The van der Waals surface area contributed by atoms with Crippen molar-refractivity contribution in [2.75, 3.05) is 27.3 Å². The van der Waals surface area contributed by atoms with Gasteiger partial charge in [0.15, 0.2) is 5.96 Å². The highest BCUT2D eigenvalue weighted by atomic mass is 127. The van der Waals surface area contributed by atoms with E-state index in [1.807, 2.05) is 36.0 Å². The van der Waals surface area contributed by atoms with Crippen molar-refractivity contribution in [1.82, 2.24) is 20.4 Å². The average molecular weight is 515 g/mol. The number of aromatic nitrogens is 2. The quantitative estimate of drug-likeness (QED) is 0.233. The minimum atomic E-state index is 0. The molecule has 0 aliphatic rings. The van der Waals surface area contributed by atoms with Gasteiger partial charge in [-0.05, 0) is 50.5 Å². The molecule has 8 heteroatoms. The molecule has 1 unspecified atom stereocenters.